The fourth-order valence-corrected chi connectivity index (χ4v) is 2.44. The summed E-state index contributed by atoms with van der Waals surface area (Å²) in [5, 5.41) is 2.83. The molecule has 132 valence electrons. The summed E-state index contributed by atoms with van der Waals surface area (Å²) in [4.78, 5) is 18.4. The van der Waals surface area contributed by atoms with E-state index in [1.165, 1.54) is 0 Å². The molecule has 0 saturated carbocycles. The first-order valence-corrected chi connectivity index (χ1v) is 8.45. The first-order chi connectivity index (χ1) is 12.7. The maximum atomic E-state index is 12.0. The molecule has 1 aromatic heterocycles. The minimum atomic E-state index is -0.105. The van der Waals surface area contributed by atoms with Crippen molar-refractivity contribution in [1.82, 2.24) is 4.98 Å². The Morgan fingerprint density at radius 2 is 1.69 bits per heavy atom. The van der Waals surface area contributed by atoms with Gasteiger partial charge in [-0.1, -0.05) is 36.4 Å². The van der Waals surface area contributed by atoms with E-state index in [9.17, 15) is 4.79 Å². The standard InChI is InChI=1S/C21H21N3O2/c1-24(18-8-4-2-5-9-18)20-13-12-17(16-22-20)23-21(25)14-15-26-19-10-6-3-7-11-19/h2-13,16H,14-15H2,1H3,(H,23,25). The second-order valence-electron chi connectivity index (χ2n) is 5.76. The number of hydrogen-bond acceptors (Lipinski definition) is 4. The molecule has 0 saturated heterocycles. The Kier molecular flexibility index (Phi) is 5.83. The molecule has 3 rings (SSSR count). The number of carbonyl (C=O) groups excluding carboxylic acids is 1. The van der Waals surface area contributed by atoms with Crippen LogP contribution in [0.2, 0.25) is 0 Å². The summed E-state index contributed by atoms with van der Waals surface area (Å²) >= 11 is 0. The number of nitrogens with one attached hydrogen (secondary N) is 1. The zero-order valence-corrected chi connectivity index (χ0v) is 14.6. The molecule has 0 aliphatic carbocycles. The maximum absolute atomic E-state index is 12.0. The third kappa shape index (κ3) is 4.83. The third-order valence-electron chi connectivity index (χ3n) is 3.86. The van der Waals surface area contributed by atoms with Gasteiger partial charge in [-0.25, -0.2) is 4.98 Å². The molecule has 0 unspecified atom stereocenters. The largest absolute Gasteiger partial charge is 0.493 e. The average Bonchev–Trinajstić information content (AvgIpc) is 2.69. The van der Waals surface area contributed by atoms with Crippen LogP contribution in [0.1, 0.15) is 6.42 Å². The molecule has 1 N–H and O–H groups in total. The molecular formula is C21H21N3O2. The van der Waals surface area contributed by atoms with Crippen LogP contribution in [0, 0.1) is 0 Å². The number of hydrogen-bond donors (Lipinski definition) is 1. The molecule has 0 bridgehead atoms. The van der Waals surface area contributed by atoms with E-state index in [1.54, 1.807) is 6.20 Å². The quantitative estimate of drug-likeness (QED) is 0.694. The number of amides is 1. The molecule has 5 heteroatoms. The van der Waals surface area contributed by atoms with Gasteiger partial charge in [0.25, 0.3) is 0 Å². The molecule has 5 nitrogen and oxygen atoms in total. The lowest BCUT2D eigenvalue weighted by molar-refractivity contribution is -0.116. The van der Waals surface area contributed by atoms with Gasteiger partial charge in [0.1, 0.15) is 11.6 Å². The molecule has 0 atom stereocenters. The number of aromatic nitrogens is 1. The summed E-state index contributed by atoms with van der Waals surface area (Å²) in [6.07, 6.45) is 1.94. The Bertz CT molecular complexity index is 821. The first-order valence-electron chi connectivity index (χ1n) is 8.45. The summed E-state index contributed by atoms with van der Waals surface area (Å²) in [6.45, 7) is 0.331. The van der Waals surface area contributed by atoms with E-state index < -0.39 is 0 Å². The van der Waals surface area contributed by atoms with Crippen molar-refractivity contribution < 1.29 is 9.53 Å². The number of rotatable bonds is 7. The van der Waals surface area contributed by atoms with Crippen molar-refractivity contribution in [1.29, 1.82) is 0 Å². The van der Waals surface area contributed by atoms with Crippen molar-refractivity contribution in [2.24, 2.45) is 0 Å². The van der Waals surface area contributed by atoms with E-state index in [0.717, 1.165) is 17.3 Å². The monoisotopic (exact) mass is 347 g/mol. The lowest BCUT2D eigenvalue weighted by Crippen LogP contribution is -2.16. The first kappa shape index (κ1) is 17.5. The van der Waals surface area contributed by atoms with E-state index in [0.29, 0.717) is 12.3 Å². The topological polar surface area (TPSA) is 54.5 Å². The molecule has 0 aliphatic rings. The van der Waals surface area contributed by atoms with Gasteiger partial charge in [-0.2, -0.15) is 0 Å². The molecule has 0 spiro atoms. The van der Waals surface area contributed by atoms with E-state index in [-0.39, 0.29) is 12.3 Å². The summed E-state index contributed by atoms with van der Waals surface area (Å²) in [7, 11) is 1.96. The summed E-state index contributed by atoms with van der Waals surface area (Å²) in [5.41, 5.74) is 1.72. The van der Waals surface area contributed by atoms with Gasteiger partial charge in [0.05, 0.1) is 24.9 Å². The van der Waals surface area contributed by atoms with Crippen molar-refractivity contribution in [2.75, 3.05) is 23.9 Å². The van der Waals surface area contributed by atoms with Gasteiger partial charge in [0, 0.05) is 12.7 Å². The number of carbonyl (C=O) groups is 1. The SMILES string of the molecule is CN(c1ccccc1)c1ccc(NC(=O)CCOc2ccccc2)cn1. The van der Waals surface area contributed by atoms with E-state index in [2.05, 4.69) is 10.3 Å². The highest BCUT2D eigenvalue weighted by Gasteiger charge is 2.07. The van der Waals surface area contributed by atoms with Gasteiger partial charge in [-0.05, 0) is 36.4 Å². The van der Waals surface area contributed by atoms with Crippen LogP contribution in [0.25, 0.3) is 0 Å². The Hall–Kier alpha value is -3.34. The van der Waals surface area contributed by atoms with Crippen molar-refractivity contribution in [2.45, 2.75) is 6.42 Å². The Balaban J connectivity index is 1.50. The number of para-hydroxylation sites is 2. The van der Waals surface area contributed by atoms with Gasteiger partial charge in [0.15, 0.2) is 0 Å². The molecule has 1 heterocycles. The normalized spacial score (nSPS) is 10.2. The summed E-state index contributed by atoms with van der Waals surface area (Å²) < 4.78 is 5.53. The fraction of sp³-hybridized carbons (Fsp3) is 0.143. The van der Waals surface area contributed by atoms with Crippen LogP contribution >= 0.6 is 0 Å². The molecule has 26 heavy (non-hydrogen) atoms. The van der Waals surface area contributed by atoms with Crippen LogP contribution in [0.3, 0.4) is 0 Å². The highest BCUT2D eigenvalue weighted by atomic mass is 16.5. The maximum Gasteiger partial charge on any atom is 0.227 e. The van der Waals surface area contributed by atoms with Crippen LogP contribution in [0.5, 0.6) is 5.75 Å². The Morgan fingerprint density at radius 1 is 1.00 bits per heavy atom. The van der Waals surface area contributed by atoms with E-state index >= 15 is 0 Å². The number of pyridine rings is 1. The number of ether oxygens (including phenoxy) is 1. The van der Waals surface area contributed by atoms with Crippen LogP contribution in [0.4, 0.5) is 17.2 Å². The second kappa shape index (κ2) is 8.67. The van der Waals surface area contributed by atoms with Crippen molar-refractivity contribution >= 4 is 23.1 Å². The van der Waals surface area contributed by atoms with Gasteiger partial charge in [-0.3, -0.25) is 4.79 Å². The minimum Gasteiger partial charge on any atom is -0.493 e. The number of benzene rings is 2. The third-order valence-corrected chi connectivity index (χ3v) is 3.86. The van der Waals surface area contributed by atoms with Gasteiger partial charge in [-0.15, -0.1) is 0 Å². The van der Waals surface area contributed by atoms with Crippen LogP contribution in [0.15, 0.2) is 79.0 Å². The zero-order valence-electron chi connectivity index (χ0n) is 14.6. The second-order valence-corrected chi connectivity index (χ2v) is 5.76. The minimum absolute atomic E-state index is 0.105. The van der Waals surface area contributed by atoms with Crippen LogP contribution in [-0.2, 0) is 4.79 Å². The lowest BCUT2D eigenvalue weighted by atomic mass is 10.3. The van der Waals surface area contributed by atoms with Gasteiger partial charge in [0.2, 0.25) is 5.91 Å². The molecule has 0 aliphatic heterocycles. The molecule has 1 amide bonds. The fourth-order valence-electron chi connectivity index (χ4n) is 2.44. The average molecular weight is 347 g/mol. The lowest BCUT2D eigenvalue weighted by Gasteiger charge is -2.18. The van der Waals surface area contributed by atoms with Crippen LogP contribution < -0.4 is 15.0 Å². The number of anilines is 3. The van der Waals surface area contributed by atoms with E-state index in [4.69, 9.17) is 4.74 Å². The van der Waals surface area contributed by atoms with Gasteiger partial charge >= 0.3 is 0 Å². The van der Waals surface area contributed by atoms with E-state index in [1.807, 2.05) is 84.7 Å². The molecule has 3 aromatic rings. The predicted octanol–water partition coefficient (Wildman–Crippen LogP) is 4.26. The van der Waals surface area contributed by atoms with Crippen molar-refractivity contribution in [3.8, 4) is 5.75 Å². The zero-order chi connectivity index (χ0) is 18.2. The molecule has 0 fully saturated rings. The Labute approximate surface area is 153 Å². The van der Waals surface area contributed by atoms with Gasteiger partial charge < -0.3 is 15.0 Å². The summed E-state index contributed by atoms with van der Waals surface area (Å²) in [6, 6.07) is 23.2. The molecule has 0 radical (unpaired) electrons. The molecule has 2 aromatic carbocycles. The van der Waals surface area contributed by atoms with Crippen LogP contribution in [-0.4, -0.2) is 24.5 Å². The number of nitrogens with zero attached hydrogens (tertiary/aromatic N) is 2. The predicted molar refractivity (Wildman–Crippen MR) is 104 cm³/mol. The van der Waals surface area contributed by atoms with Crippen molar-refractivity contribution in [3.05, 3.63) is 79.0 Å². The van der Waals surface area contributed by atoms with Crippen molar-refractivity contribution in [3.63, 3.8) is 0 Å². The summed E-state index contributed by atoms with van der Waals surface area (Å²) in [5.74, 6) is 1.46. The molecular weight excluding hydrogens is 326 g/mol. The highest BCUT2D eigenvalue weighted by Crippen LogP contribution is 2.22. The Morgan fingerprint density at radius 3 is 2.35 bits per heavy atom. The highest BCUT2D eigenvalue weighted by molar-refractivity contribution is 5.90. The smallest absolute Gasteiger partial charge is 0.227 e.